The molecule has 4 nitrogen and oxygen atoms in total. The third-order valence-electron chi connectivity index (χ3n) is 5.44. The van der Waals surface area contributed by atoms with Gasteiger partial charge in [0.25, 0.3) is 0 Å². The number of carbonyl (C=O) groups is 1. The number of hydrogen-bond donors (Lipinski definition) is 1. The summed E-state index contributed by atoms with van der Waals surface area (Å²) in [6.07, 6.45) is 5.63. The molecule has 1 N–H and O–H groups in total. The summed E-state index contributed by atoms with van der Waals surface area (Å²) in [7, 11) is 1.65. The highest BCUT2D eigenvalue weighted by molar-refractivity contribution is 6.08. The number of benzene rings is 2. The molecule has 2 aromatic carbocycles. The highest BCUT2D eigenvalue weighted by Crippen LogP contribution is 2.45. The van der Waals surface area contributed by atoms with Gasteiger partial charge in [0.05, 0.1) is 0 Å². The van der Waals surface area contributed by atoms with Crippen molar-refractivity contribution in [3.05, 3.63) is 59.7 Å². The number of likely N-dealkylation sites (N-methyl/N-ethyl adjacent to an activating group) is 1. The van der Waals surface area contributed by atoms with Crippen LogP contribution in [0.3, 0.4) is 0 Å². The largest absolute Gasteiger partial charge is 0.492 e. The minimum Gasteiger partial charge on any atom is -0.492 e. The van der Waals surface area contributed by atoms with Crippen LogP contribution in [0.5, 0.6) is 5.75 Å². The molecule has 0 unspecified atom stereocenters. The molecular formula is C23H26N2O2. The molecule has 2 aliphatic rings. The van der Waals surface area contributed by atoms with Gasteiger partial charge in [-0.1, -0.05) is 36.8 Å². The second kappa shape index (κ2) is 7.97. The number of rotatable bonds is 5. The zero-order valence-corrected chi connectivity index (χ0v) is 15.8. The summed E-state index contributed by atoms with van der Waals surface area (Å²) in [5.41, 5.74) is 5.45. The molecule has 140 valence electrons. The highest BCUT2D eigenvalue weighted by Gasteiger charge is 2.24. The van der Waals surface area contributed by atoms with E-state index < -0.39 is 0 Å². The van der Waals surface area contributed by atoms with E-state index in [1.165, 1.54) is 37.9 Å². The molecule has 1 aliphatic carbocycles. The Hall–Kier alpha value is -2.59. The van der Waals surface area contributed by atoms with E-state index in [0.717, 1.165) is 34.6 Å². The van der Waals surface area contributed by atoms with Crippen molar-refractivity contribution in [2.24, 2.45) is 0 Å². The second-order valence-corrected chi connectivity index (χ2v) is 7.18. The molecular weight excluding hydrogens is 336 g/mol. The summed E-state index contributed by atoms with van der Waals surface area (Å²) in [6.45, 7) is 4.03. The first-order valence-corrected chi connectivity index (χ1v) is 9.79. The maximum atomic E-state index is 12.0. The first kappa shape index (κ1) is 17.8. The summed E-state index contributed by atoms with van der Waals surface area (Å²) < 4.78 is 6.04. The van der Waals surface area contributed by atoms with Gasteiger partial charge in [0.15, 0.2) is 0 Å². The van der Waals surface area contributed by atoms with Crippen LogP contribution in [0.15, 0.2) is 48.5 Å². The van der Waals surface area contributed by atoms with Crippen LogP contribution in [0.4, 0.5) is 0 Å². The number of nitrogens with zero attached hydrogens (tertiary/aromatic N) is 1. The number of piperidine rings is 1. The smallest absolute Gasteiger partial charge is 0.244 e. The normalized spacial score (nSPS) is 17.4. The number of amides is 1. The van der Waals surface area contributed by atoms with Crippen molar-refractivity contribution in [2.75, 3.05) is 33.3 Å². The van der Waals surface area contributed by atoms with Gasteiger partial charge in [-0.3, -0.25) is 9.69 Å². The molecule has 2 aromatic rings. The topological polar surface area (TPSA) is 41.6 Å². The van der Waals surface area contributed by atoms with Crippen molar-refractivity contribution in [3.63, 3.8) is 0 Å². The molecule has 4 heteroatoms. The Morgan fingerprint density at radius 3 is 2.56 bits per heavy atom. The average Bonchev–Trinajstić information content (AvgIpc) is 3.02. The lowest BCUT2D eigenvalue weighted by Gasteiger charge is -2.26. The lowest BCUT2D eigenvalue weighted by Crippen LogP contribution is -2.33. The van der Waals surface area contributed by atoms with E-state index in [1.807, 2.05) is 18.2 Å². The maximum absolute atomic E-state index is 12.0. The van der Waals surface area contributed by atoms with Crippen LogP contribution in [0.25, 0.3) is 16.7 Å². The van der Waals surface area contributed by atoms with Crippen LogP contribution in [-0.2, 0) is 4.79 Å². The predicted molar refractivity (Wildman–Crippen MR) is 109 cm³/mol. The number of carbonyl (C=O) groups excluding carboxylic acids is 1. The molecule has 0 aromatic heterocycles. The number of hydrogen-bond acceptors (Lipinski definition) is 3. The van der Waals surface area contributed by atoms with Gasteiger partial charge in [0, 0.05) is 19.7 Å². The molecule has 1 amide bonds. The molecule has 1 aliphatic heterocycles. The molecule has 0 bridgehead atoms. The van der Waals surface area contributed by atoms with Crippen LogP contribution >= 0.6 is 0 Å². The molecule has 4 rings (SSSR count). The van der Waals surface area contributed by atoms with Gasteiger partial charge < -0.3 is 10.1 Å². The first-order chi connectivity index (χ1) is 13.3. The number of nitrogens with one attached hydrogen (secondary N) is 1. The van der Waals surface area contributed by atoms with Gasteiger partial charge in [-0.05, 0) is 65.9 Å². The van der Waals surface area contributed by atoms with E-state index in [-0.39, 0.29) is 5.91 Å². The lowest BCUT2D eigenvalue weighted by atomic mass is 10.0. The fourth-order valence-electron chi connectivity index (χ4n) is 4.00. The molecule has 0 spiro atoms. The Bertz CT molecular complexity index is 866. The van der Waals surface area contributed by atoms with Crippen molar-refractivity contribution < 1.29 is 9.53 Å². The van der Waals surface area contributed by atoms with Crippen molar-refractivity contribution in [3.8, 4) is 16.9 Å². The third kappa shape index (κ3) is 3.76. The van der Waals surface area contributed by atoms with Gasteiger partial charge in [-0.15, -0.1) is 0 Å². The minimum absolute atomic E-state index is 0.0935. The fourth-order valence-corrected chi connectivity index (χ4v) is 4.00. The highest BCUT2D eigenvalue weighted by atomic mass is 16.5. The zero-order chi connectivity index (χ0) is 18.6. The maximum Gasteiger partial charge on any atom is 0.244 e. The van der Waals surface area contributed by atoms with Gasteiger partial charge >= 0.3 is 0 Å². The van der Waals surface area contributed by atoms with Gasteiger partial charge in [-0.2, -0.15) is 0 Å². The molecule has 27 heavy (non-hydrogen) atoms. The Morgan fingerprint density at radius 1 is 1.04 bits per heavy atom. The summed E-state index contributed by atoms with van der Waals surface area (Å²) in [4.78, 5) is 14.5. The van der Waals surface area contributed by atoms with Crippen molar-refractivity contribution in [1.82, 2.24) is 10.2 Å². The summed E-state index contributed by atoms with van der Waals surface area (Å²) in [5, 5.41) is 2.69. The third-order valence-corrected chi connectivity index (χ3v) is 5.44. The van der Waals surface area contributed by atoms with E-state index in [2.05, 4.69) is 34.5 Å². The average molecular weight is 362 g/mol. The zero-order valence-electron chi connectivity index (χ0n) is 15.8. The molecule has 0 atom stereocenters. The summed E-state index contributed by atoms with van der Waals surface area (Å²) in [6, 6.07) is 14.4. The van der Waals surface area contributed by atoms with Crippen molar-refractivity contribution in [1.29, 1.82) is 0 Å². The predicted octanol–water partition coefficient (Wildman–Crippen LogP) is 3.71. The minimum atomic E-state index is -0.0935. The van der Waals surface area contributed by atoms with E-state index in [4.69, 9.17) is 4.74 Å². The van der Waals surface area contributed by atoms with Crippen LogP contribution < -0.4 is 10.1 Å². The lowest BCUT2D eigenvalue weighted by molar-refractivity contribution is -0.116. The Kier molecular flexibility index (Phi) is 5.26. The SMILES string of the molecule is CNC(=O)/C=C1/c2ccccc2-c2ccc(OCCN3CCCCC3)cc21. The molecule has 1 saturated heterocycles. The van der Waals surface area contributed by atoms with Gasteiger partial charge in [-0.25, -0.2) is 0 Å². The quantitative estimate of drug-likeness (QED) is 0.704. The first-order valence-electron chi connectivity index (χ1n) is 9.79. The van der Waals surface area contributed by atoms with Crippen LogP contribution in [0.2, 0.25) is 0 Å². The Labute approximate surface area is 160 Å². The van der Waals surface area contributed by atoms with Crippen LogP contribution in [-0.4, -0.2) is 44.1 Å². The second-order valence-electron chi connectivity index (χ2n) is 7.18. The van der Waals surface area contributed by atoms with Gasteiger partial charge in [0.2, 0.25) is 5.91 Å². The fraction of sp³-hybridized carbons (Fsp3) is 0.348. The number of fused-ring (bicyclic) bond motifs is 3. The van der Waals surface area contributed by atoms with Crippen molar-refractivity contribution in [2.45, 2.75) is 19.3 Å². The van der Waals surface area contributed by atoms with Crippen LogP contribution in [0.1, 0.15) is 30.4 Å². The monoisotopic (exact) mass is 362 g/mol. The van der Waals surface area contributed by atoms with Gasteiger partial charge in [0.1, 0.15) is 12.4 Å². The van der Waals surface area contributed by atoms with E-state index in [9.17, 15) is 4.79 Å². The van der Waals surface area contributed by atoms with E-state index in [0.29, 0.717) is 6.61 Å². The standard InChI is InChI=1S/C23H26N2O2/c1-24-23(26)16-22-19-8-4-3-7-18(19)20-10-9-17(15-21(20)22)27-14-13-25-11-5-2-6-12-25/h3-4,7-10,15-16H,2,5-6,11-14H2,1H3,(H,24,26)/b22-16-. The molecule has 1 fully saturated rings. The Balaban J connectivity index is 1.55. The number of ether oxygens (including phenoxy) is 1. The molecule has 0 saturated carbocycles. The van der Waals surface area contributed by atoms with E-state index >= 15 is 0 Å². The molecule has 1 heterocycles. The van der Waals surface area contributed by atoms with Crippen molar-refractivity contribution >= 4 is 11.5 Å². The summed E-state index contributed by atoms with van der Waals surface area (Å²) >= 11 is 0. The molecule has 0 radical (unpaired) electrons. The van der Waals surface area contributed by atoms with Crippen LogP contribution in [0, 0.1) is 0 Å². The summed E-state index contributed by atoms with van der Waals surface area (Å²) in [5.74, 6) is 0.769. The Morgan fingerprint density at radius 2 is 1.78 bits per heavy atom. The van der Waals surface area contributed by atoms with E-state index in [1.54, 1.807) is 13.1 Å². The number of likely N-dealkylation sites (tertiary alicyclic amines) is 1.